The van der Waals surface area contributed by atoms with Gasteiger partial charge in [-0.1, -0.05) is 13.3 Å². The molecule has 0 spiro atoms. The summed E-state index contributed by atoms with van der Waals surface area (Å²) in [6.45, 7) is 2.68. The smallest absolute Gasteiger partial charge is 0.187 e. The molecule has 0 aromatic rings. The lowest BCUT2D eigenvalue weighted by Gasteiger charge is -2.21. The van der Waals surface area contributed by atoms with Crippen molar-refractivity contribution in [3.63, 3.8) is 0 Å². The first-order valence-corrected chi connectivity index (χ1v) is 5.56. The summed E-state index contributed by atoms with van der Waals surface area (Å²) in [5, 5.41) is 0. The lowest BCUT2D eigenvalue weighted by atomic mass is 10.1. The van der Waals surface area contributed by atoms with Crippen molar-refractivity contribution in [2.24, 2.45) is 0 Å². The Morgan fingerprint density at radius 1 is 1.25 bits per heavy atom. The SMILES string of the molecule is CCCCOC1C(C=O)OC(OC)C1OC. The van der Waals surface area contributed by atoms with Gasteiger partial charge >= 0.3 is 0 Å². The van der Waals surface area contributed by atoms with E-state index < -0.39 is 12.4 Å². The van der Waals surface area contributed by atoms with Gasteiger partial charge in [-0.05, 0) is 6.42 Å². The van der Waals surface area contributed by atoms with Crippen molar-refractivity contribution in [1.82, 2.24) is 0 Å². The average molecular weight is 232 g/mol. The molecule has 0 saturated carbocycles. The van der Waals surface area contributed by atoms with Crippen LogP contribution in [0.15, 0.2) is 0 Å². The van der Waals surface area contributed by atoms with Gasteiger partial charge in [0.05, 0.1) is 0 Å². The van der Waals surface area contributed by atoms with Gasteiger partial charge in [0.2, 0.25) is 0 Å². The number of carbonyl (C=O) groups excluding carboxylic acids is 1. The second kappa shape index (κ2) is 6.96. The van der Waals surface area contributed by atoms with Gasteiger partial charge < -0.3 is 23.7 Å². The Balaban J connectivity index is 2.56. The quantitative estimate of drug-likeness (QED) is 0.479. The molecule has 1 saturated heterocycles. The molecule has 0 amide bonds. The number of rotatable bonds is 7. The Bertz CT molecular complexity index is 209. The van der Waals surface area contributed by atoms with Crippen LogP contribution < -0.4 is 0 Å². The summed E-state index contributed by atoms with van der Waals surface area (Å²) in [7, 11) is 3.08. The second-order valence-electron chi connectivity index (χ2n) is 3.73. The molecule has 0 aromatic carbocycles. The fourth-order valence-corrected chi connectivity index (χ4v) is 1.75. The van der Waals surface area contributed by atoms with E-state index in [1.165, 1.54) is 7.11 Å². The molecule has 5 nitrogen and oxygen atoms in total. The first-order valence-electron chi connectivity index (χ1n) is 5.56. The number of aldehydes is 1. The lowest BCUT2D eigenvalue weighted by molar-refractivity contribution is -0.158. The monoisotopic (exact) mass is 232 g/mol. The molecule has 4 unspecified atom stereocenters. The van der Waals surface area contributed by atoms with Crippen molar-refractivity contribution < 1.29 is 23.7 Å². The van der Waals surface area contributed by atoms with Crippen molar-refractivity contribution in [3.05, 3.63) is 0 Å². The van der Waals surface area contributed by atoms with Crippen LogP contribution in [0.25, 0.3) is 0 Å². The number of methoxy groups -OCH3 is 2. The van der Waals surface area contributed by atoms with E-state index in [0.717, 1.165) is 19.1 Å². The molecule has 5 heteroatoms. The number of ether oxygens (including phenoxy) is 4. The molecule has 0 N–H and O–H groups in total. The Hall–Kier alpha value is -0.490. The molecule has 1 heterocycles. The number of unbranched alkanes of at least 4 members (excludes halogenated alkanes) is 1. The van der Waals surface area contributed by atoms with Crippen molar-refractivity contribution in [3.8, 4) is 0 Å². The highest BCUT2D eigenvalue weighted by molar-refractivity contribution is 5.58. The highest BCUT2D eigenvalue weighted by Gasteiger charge is 2.46. The van der Waals surface area contributed by atoms with Gasteiger partial charge in [0, 0.05) is 20.8 Å². The van der Waals surface area contributed by atoms with E-state index in [0.29, 0.717) is 6.61 Å². The van der Waals surface area contributed by atoms with E-state index in [-0.39, 0.29) is 12.2 Å². The first kappa shape index (κ1) is 13.6. The molecule has 1 aliphatic heterocycles. The van der Waals surface area contributed by atoms with Crippen LogP contribution in [0.5, 0.6) is 0 Å². The van der Waals surface area contributed by atoms with E-state index in [1.54, 1.807) is 7.11 Å². The van der Waals surface area contributed by atoms with Crippen molar-refractivity contribution in [2.75, 3.05) is 20.8 Å². The maximum atomic E-state index is 10.9. The summed E-state index contributed by atoms with van der Waals surface area (Å²) in [6.07, 6.45) is 0.873. The minimum Gasteiger partial charge on any atom is -0.373 e. The van der Waals surface area contributed by atoms with Gasteiger partial charge in [-0.3, -0.25) is 0 Å². The normalized spacial score (nSPS) is 34.2. The van der Waals surface area contributed by atoms with E-state index in [1.807, 2.05) is 0 Å². The average Bonchev–Trinajstić information content (AvgIpc) is 2.66. The van der Waals surface area contributed by atoms with Gasteiger partial charge in [-0.2, -0.15) is 0 Å². The third-order valence-corrected chi connectivity index (χ3v) is 2.65. The zero-order valence-electron chi connectivity index (χ0n) is 10.0. The molecule has 94 valence electrons. The van der Waals surface area contributed by atoms with Crippen LogP contribution in [0.1, 0.15) is 19.8 Å². The third kappa shape index (κ3) is 3.01. The van der Waals surface area contributed by atoms with Gasteiger partial charge in [0.25, 0.3) is 0 Å². The topological polar surface area (TPSA) is 54.0 Å². The van der Waals surface area contributed by atoms with Gasteiger partial charge in [0.1, 0.15) is 18.3 Å². The number of hydrogen-bond donors (Lipinski definition) is 0. The molecular weight excluding hydrogens is 212 g/mol. The molecule has 0 aliphatic carbocycles. The minimum absolute atomic E-state index is 0.350. The van der Waals surface area contributed by atoms with Crippen LogP contribution in [-0.4, -0.2) is 51.7 Å². The first-order chi connectivity index (χ1) is 7.78. The fourth-order valence-electron chi connectivity index (χ4n) is 1.75. The van der Waals surface area contributed by atoms with Gasteiger partial charge in [0.15, 0.2) is 12.6 Å². The largest absolute Gasteiger partial charge is 0.373 e. The van der Waals surface area contributed by atoms with Crippen LogP contribution in [0.4, 0.5) is 0 Å². The molecule has 16 heavy (non-hydrogen) atoms. The summed E-state index contributed by atoms with van der Waals surface area (Å²) in [5.41, 5.74) is 0. The molecule has 1 aliphatic rings. The maximum absolute atomic E-state index is 10.9. The zero-order chi connectivity index (χ0) is 12.0. The summed E-state index contributed by atoms with van der Waals surface area (Å²) in [5.74, 6) is 0. The van der Waals surface area contributed by atoms with E-state index in [2.05, 4.69) is 6.92 Å². The van der Waals surface area contributed by atoms with Crippen molar-refractivity contribution >= 4 is 6.29 Å². The Kier molecular flexibility index (Phi) is 5.90. The fraction of sp³-hybridized carbons (Fsp3) is 0.909. The van der Waals surface area contributed by atoms with Gasteiger partial charge in [-0.25, -0.2) is 0 Å². The highest BCUT2D eigenvalue weighted by atomic mass is 16.7. The molecule has 0 radical (unpaired) electrons. The Morgan fingerprint density at radius 3 is 2.50 bits per heavy atom. The van der Waals surface area contributed by atoms with Gasteiger partial charge in [-0.15, -0.1) is 0 Å². The molecule has 0 bridgehead atoms. The predicted octanol–water partition coefficient (Wildman–Crippen LogP) is 0.757. The summed E-state index contributed by atoms with van der Waals surface area (Å²) >= 11 is 0. The molecular formula is C11H20O5. The van der Waals surface area contributed by atoms with Crippen LogP contribution in [0.2, 0.25) is 0 Å². The Labute approximate surface area is 96.0 Å². The molecule has 4 atom stereocenters. The zero-order valence-corrected chi connectivity index (χ0v) is 10.0. The van der Waals surface area contributed by atoms with Crippen LogP contribution in [0.3, 0.4) is 0 Å². The van der Waals surface area contributed by atoms with E-state index in [9.17, 15) is 4.79 Å². The van der Waals surface area contributed by atoms with Crippen molar-refractivity contribution in [1.29, 1.82) is 0 Å². The highest BCUT2D eigenvalue weighted by Crippen LogP contribution is 2.25. The maximum Gasteiger partial charge on any atom is 0.187 e. The summed E-state index contributed by atoms with van der Waals surface area (Å²) in [6, 6.07) is 0. The standard InChI is InChI=1S/C11H20O5/c1-4-5-6-15-9-8(7-12)16-11(14-3)10(9)13-2/h7-11H,4-6H2,1-3H3. The predicted molar refractivity (Wildman–Crippen MR) is 57.2 cm³/mol. The summed E-state index contributed by atoms with van der Waals surface area (Å²) in [4.78, 5) is 10.9. The second-order valence-corrected chi connectivity index (χ2v) is 3.73. The van der Waals surface area contributed by atoms with Crippen LogP contribution >= 0.6 is 0 Å². The lowest BCUT2D eigenvalue weighted by Crippen LogP contribution is -2.38. The van der Waals surface area contributed by atoms with Crippen LogP contribution in [-0.2, 0) is 23.7 Å². The minimum atomic E-state index is -0.605. The third-order valence-electron chi connectivity index (χ3n) is 2.65. The number of hydrogen-bond acceptors (Lipinski definition) is 5. The van der Waals surface area contributed by atoms with E-state index in [4.69, 9.17) is 18.9 Å². The number of carbonyl (C=O) groups is 1. The van der Waals surface area contributed by atoms with E-state index >= 15 is 0 Å². The molecule has 1 rings (SSSR count). The summed E-state index contributed by atoms with van der Waals surface area (Å²) < 4.78 is 21.3. The van der Waals surface area contributed by atoms with Crippen LogP contribution in [0, 0.1) is 0 Å². The Morgan fingerprint density at radius 2 is 2.00 bits per heavy atom. The molecule has 0 aromatic heterocycles. The molecule has 1 fully saturated rings. The van der Waals surface area contributed by atoms with Crippen molar-refractivity contribution in [2.45, 2.75) is 44.4 Å².